The summed E-state index contributed by atoms with van der Waals surface area (Å²) in [4.78, 5) is 4.89. The smallest absolute Gasteiger partial charge is 0.243 e. The van der Waals surface area contributed by atoms with Crippen LogP contribution in [0.25, 0.3) is 11.0 Å². The van der Waals surface area contributed by atoms with Gasteiger partial charge in [0, 0.05) is 44.2 Å². The molecular formula is C25H30ClF2N3O3S2. The summed E-state index contributed by atoms with van der Waals surface area (Å²) in [6.07, 6.45) is 2.58. The van der Waals surface area contributed by atoms with E-state index in [-0.39, 0.29) is 21.2 Å². The number of aromatic nitrogens is 2. The Morgan fingerprint density at radius 1 is 1.22 bits per heavy atom. The van der Waals surface area contributed by atoms with Gasteiger partial charge in [0.1, 0.15) is 11.6 Å². The highest BCUT2D eigenvalue weighted by molar-refractivity contribution is 7.98. The van der Waals surface area contributed by atoms with Crippen LogP contribution in [0.4, 0.5) is 8.78 Å². The molecule has 11 heteroatoms. The Morgan fingerprint density at radius 3 is 2.75 bits per heavy atom. The number of fused-ring (bicyclic) bond motifs is 1. The number of hydrogen-bond acceptors (Lipinski definition) is 5. The molecule has 1 aliphatic rings. The van der Waals surface area contributed by atoms with E-state index in [0.717, 1.165) is 30.5 Å². The van der Waals surface area contributed by atoms with Crippen LogP contribution >= 0.6 is 23.4 Å². The largest absolute Gasteiger partial charge is 0.382 e. The predicted octanol–water partition coefficient (Wildman–Crippen LogP) is 6.11. The molecule has 36 heavy (non-hydrogen) atoms. The number of imidazole rings is 1. The van der Waals surface area contributed by atoms with E-state index in [1.54, 1.807) is 22.5 Å². The van der Waals surface area contributed by atoms with Crippen molar-refractivity contribution in [3.8, 4) is 0 Å². The number of hydrogen-bond donors (Lipinski definition) is 0. The van der Waals surface area contributed by atoms with Gasteiger partial charge in [-0.25, -0.2) is 22.2 Å². The highest BCUT2D eigenvalue weighted by Gasteiger charge is 2.29. The van der Waals surface area contributed by atoms with E-state index >= 15 is 0 Å². The van der Waals surface area contributed by atoms with Crippen LogP contribution in [0, 0.1) is 17.6 Å². The third kappa shape index (κ3) is 5.88. The minimum atomic E-state index is -3.64. The maximum Gasteiger partial charge on any atom is 0.243 e. The highest BCUT2D eigenvalue weighted by Crippen LogP contribution is 2.33. The molecule has 1 atom stereocenters. The number of thioether (sulfide) groups is 1. The molecule has 196 valence electrons. The predicted molar refractivity (Wildman–Crippen MR) is 139 cm³/mol. The average molecular weight is 558 g/mol. The summed E-state index contributed by atoms with van der Waals surface area (Å²) in [6.45, 7) is 6.76. The first-order valence-corrected chi connectivity index (χ1v) is 14.9. The second-order valence-electron chi connectivity index (χ2n) is 8.97. The molecule has 6 nitrogen and oxygen atoms in total. The summed E-state index contributed by atoms with van der Waals surface area (Å²) in [5, 5.41) is 0.327. The van der Waals surface area contributed by atoms with Crippen molar-refractivity contribution in [2.24, 2.45) is 5.92 Å². The summed E-state index contributed by atoms with van der Waals surface area (Å²) in [5.74, 6) is -0.869. The fraction of sp³-hybridized carbons (Fsp3) is 0.480. The summed E-state index contributed by atoms with van der Waals surface area (Å²) in [6, 6.07) is 7.04. The first-order chi connectivity index (χ1) is 17.2. The zero-order valence-corrected chi connectivity index (χ0v) is 22.7. The number of aryl methyl sites for hydroxylation is 1. The standard InChI is InChI=1S/C25H30ClF2N3O3S2/c1-3-34-13-5-12-31-23-10-7-18(36(32,33)30-11-4-6-17(2)15-30)14-22(23)29-25(31)35-16-19-20(27)8-9-21(28)24(19)26/h7-10,14,17H,3-6,11-13,15-16H2,1-2H3. The van der Waals surface area contributed by atoms with Gasteiger partial charge in [-0.05, 0) is 62.4 Å². The number of rotatable bonds is 10. The molecule has 0 radical (unpaired) electrons. The van der Waals surface area contributed by atoms with Crippen molar-refractivity contribution in [1.29, 1.82) is 0 Å². The lowest BCUT2D eigenvalue weighted by atomic mass is 10.0. The molecule has 0 bridgehead atoms. The summed E-state index contributed by atoms with van der Waals surface area (Å²) < 4.78 is 63.8. The SMILES string of the molecule is CCOCCCn1c(SCc2c(F)ccc(F)c2Cl)nc2cc(S(=O)(=O)N3CCCC(C)C3)ccc21. The topological polar surface area (TPSA) is 64.4 Å². The molecular weight excluding hydrogens is 528 g/mol. The van der Waals surface area contributed by atoms with Gasteiger partial charge in [-0.1, -0.05) is 30.3 Å². The minimum absolute atomic E-state index is 0.0667. The van der Waals surface area contributed by atoms with Gasteiger partial charge in [0.25, 0.3) is 0 Å². The molecule has 0 aliphatic carbocycles. The number of piperidine rings is 1. The fourth-order valence-electron chi connectivity index (χ4n) is 4.40. The third-order valence-corrected chi connectivity index (χ3v) is 9.57. The molecule has 3 aromatic rings. The van der Waals surface area contributed by atoms with Crippen molar-refractivity contribution in [2.45, 2.75) is 55.5 Å². The molecule has 0 spiro atoms. The van der Waals surface area contributed by atoms with Gasteiger partial charge in [0.15, 0.2) is 5.16 Å². The fourth-order valence-corrected chi connectivity index (χ4v) is 7.38. The molecule has 2 heterocycles. The molecule has 1 aliphatic heterocycles. The van der Waals surface area contributed by atoms with Crippen molar-refractivity contribution in [3.63, 3.8) is 0 Å². The normalized spacial score (nSPS) is 17.2. The molecule has 0 saturated carbocycles. The van der Waals surface area contributed by atoms with E-state index in [4.69, 9.17) is 16.3 Å². The summed E-state index contributed by atoms with van der Waals surface area (Å²) in [7, 11) is -3.64. The second kappa shape index (κ2) is 11.8. The molecule has 1 saturated heterocycles. The van der Waals surface area contributed by atoms with Crippen LogP contribution in [0.1, 0.15) is 38.7 Å². The Balaban J connectivity index is 1.66. The van der Waals surface area contributed by atoms with Crippen LogP contribution in [-0.4, -0.2) is 48.6 Å². The third-order valence-electron chi connectivity index (χ3n) is 6.30. The minimum Gasteiger partial charge on any atom is -0.382 e. The Labute approximate surface area is 220 Å². The first kappa shape index (κ1) is 27.3. The van der Waals surface area contributed by atoms with Crippen LogP contribution in [0.2, 0.25) is 5.02 Å². The molecule has 1 unspecified atom stereocenters. The number of ether oxygens (including phenoxy) is 1. The lowest BCUT2D eigenvalue weighted by Gasteiger charge is -2.30. The number of halogens is 3. The van der Waals surface area contributed by atoms with E-state index in [1.807, 2.05) is 11.5 Å². The van der Waals surface area contributed by atoms with Gasteiger partial charge in [-0.3, -0.25) is 0 Å². The van der Waals surface area contributed by atoms with Gasteiger partial charge < -0.3 is 9.30 Å². The van der Waals surface area contributed by atoms with Crippen LogP contribution in [0.15, 0.2) is 40.4 Å². The number of benzene rings is 2. The molecule has 1 fully saturated rings. The monoisotopic (exact) mass is 557 g/mol. The molecule has 0 amide bonds. The van der Waals surface area contributed by atoms with Crippen molar-refractivity contribution in [1.82, 2.24) is 13.9 Å². The molecule has 2 aromatic carbocycles. The maximum atomic E-state index is 14.3. The van der Waals surface area contributed by atoms with Gasteiger partial charge in [0.2, 0.25) is 10.0 Å². The lowest BCUT2D eigenvalue weighted by Crippen LogP contribution is -2.39. The average Bonchev–Trinajstić information content (AvgIpc) is 3.21. The maximum absolute atomic E-state index is 14.3. The van der Waals surface area contributed by atoms with E-state index in [0.29, 0.717) is 55.9 Å². The number of nitrogens with zero attached hydrogens (tertiary/aromatic N) is 3. The van der Waals surface area contributed by atoms with Crippen LogP contribution in [0.3, 0.4) is 0 Å². The quantitative estimate of drug-likeness (QED) is 0.171. The lowest BCUT2D eigenvalue weighted by molar-refractivity contribution is 0.141. The first-order valence-electron chi connectivity index (χ1n) is 12.1. The van der Waals surface area contributed by atoms with E-state index in [1.165, 1.54) is 11.8 Å². The Bertz CT molecular complexity index is 1330. The van der Waals surface area contributed by atoms with Gasteiger partial charge in [0.05, 0.1) is 21.0 Å². The van der Waals surface area contributed by atoms with Crippen molar-refractivity contribution in [2.75, 3.05) is 26.3 Å². The van der Waals surface area contributed by atoms with Crippen molar-refractivity contribution < 1.29 is 21.9 Å². The van der Waals surface area contributed by atoms with Gasteiger partial charge >= 0.3 is 0 Å². The van der Waals surface area contributed by atoms with Crippen LogP contribution < -0.4 is 0 Å². The second-order valence-corrected chi connectivity index (χ2v) is 12.2. The van der Waals surface area contributed by atoms with Crippen molar-refractivity contribution >= 4 is 44.4 Å². The van der Waals surface area contributed by atoms with Gasteiger partial charge in [-0.15, -0.1) is 0 Å². The summed E-state index contributed by atoms with van der Waals surface area (Å²) in [5.41, 5.74) is 1.37. The van der Waals surface area contributed by atoms with Crippen molar-refractivity contribution in [3.05, 3.63) is 52.6 Å². The Hall–Kier alpha value is -1.72. The summed E-state index contributed by atoms with van der Waals surface area (Å²) >= 11 is 7.24. The Kier molecular flexibility index (Phi) is 8.93. The van der Waals surface area contributed by atoms with Crippen LogP contribution in [-0.2, 0) is 27.1 Å². The molecule has 1 aromatic heterocycles. The van der Waals surface area contributed by atoms with E-state index in [9.17, 15) is 17.2 Å². The van der Waals surface area contributed by atoms with Crippen LogP contribution in [0.5, 0.6) is 0 Å². The van der Waals surface area contributed by atoms with E-state index < -0.39 is 21.7 Å². The van der Waals surface area contributed by atoms with Gasteiger partial charge in [-0.2, -0.15) is 4.31 Å². The van der Waals surface area contributed by atoms with E-state index in [2.05, 4.69) is 11.9 Å². The zero-order chi connectivity index (χ0) is 25.9. The molecule has 4 rings (SSSR count). The number of sulfonamides is 1. The Morgan fingerprint density at radius 2 is 2.00 bits per heavy atom. The zero-order valence-electron chi connectivity index (χ0n) is 20.3. The highest BCUT2D eigenvalue weighted by atomic mass is 35.5. The molecule has 0 N–H and O–H groups in total.